The topological polar surface area (TPSA) is 55.4 Å². The third kappa shape index (κ3) is 2.27. The number of Topliss-reactive ketones (excluding diaryl/α,β-unsaturated/α-hetero) is 1. The van der Waals surface area contributed by atoms with E-state index >= 15 is 0 Å². The van der Waals surface area contributed by atoms with Gasteiger partial charge in [0.05, 0.1) is 17.6 Å². The van der Waals surface area contributed by atoms with Crippen molar-refractivity contribution in [1.82, 2.24) is 0 Å². The number of benzene rings is 1. The second-order valence-corrected chi connectivity index (χ2v) is 5.57. The summed E-state index contributed by atoms with van der Waals surface area (Å²) in [7, 11) is 1.55. The van der Waals surface area contributed by atoms with E-state index in [1.54, 1.807) is 26.2 Å². The van der Waals surface area contributed by atoms with Gasteiger partial charge in [-0.05, 0) is 31.0 Å². The Labute approximate surface area is 114 Å². The Hall–Kier alpha value is -1.36. The molecule has 2 rings (SSSR count). The number of methoxy groups -OCH3 is 1. The Kier molecular flexibility index (Phi) is 3.71. The third-order valence-electron chi connectivity index (χ3n) is 2.99. The normalized spacial score (nSPS) is 15.6. The molecule has 0 spiro atoms. The van der Waals surface area contributed by atoms with Crippen molar-refractivity contribution >= 4 is 33.3 Å². The number of anilines is 1. The van der Waals surface area contributed by atoms with Crippen LogP contribution in [0.15, 0.2) is 12.1 Å². The van der Waals surface area contributed by atoms with E-state index in [2.05, 4.69) is 21.2 Å². The SMILES string of the molecule is COc1ccc(C(=O)C(C)Br)c2c1NC(=O)CC2. The number of ether oxygens (including phenoxy) is 1. The lowest BCUT2D eigenvalue weighted by molar-refractivity contribution is -0.116. The number of alkyl halides is 1. The minimum atomic E-state index is -0.243. The Morgan fingerprint density at radius 3 is 2.78 bits per heavy atom. The number of hydrogen-bond donors (Lipinski definition) is 1. The Morgan fingerprint density at radius 1 is 1.44 bits per heavy atom. The molecular formula is C13H14BrNO3. The summed E-state index contributed by atoms with van der Waals surface area (Å²) in [6.45, 7) is 1.79. The molecule has 1 aromatic carbocycles. The van der Waals surface area contributed by atoms with E-state index in [0.29, 0.717) is 29.8 Å². The van der Waals surface area contributed by atoms with Gasteiger partial charge in [-0.3, -0.25) is 9.59 Å². The summed E-state index contributed by atoms with van der Waals surface area (Å²) in [6, 6.07) is 3.47. The van der Waals surface area contributed by atoms with Crippen molar-refractivity contribution in [2.75, 3.05) is 12.4 Å². The summed E-state index contributed by atoms with van der Waals surface area (Å²) >= 11 is 3.28. The van der Waals surface area contributed by atoms with Crippen molar-refractivity contribution in [3.05, 3.63) is 23.3 Å². The van der Waals surface area contributed by atoms with Crippen LogP contribution < -0.4 is 10.1 Å². The Bertz CT molecular complexity index is 511. The van der Waals surface area contributed by atoms with Crippen LogP contribution in [0.2, 0.25) is 0 Å². The first kappa shape index (κ1) is 13.1. The summed E-state index contributed by atoms with van der Waals surface area (Å²) in [5, 5.41) is 2.78. The molecule has 1 amide bonds. The van der Waals surface area contributed by atoms with E-state index in [-0.39, 0.29) is 16.5 Å². The zero-order chi connectivity index (χ0) is 13.3. The van der Waals surface area contributed by atoms with Crippen molar-refractivity contribution in [3.63, 3.8) is 0 Å². The van der Waals surface area contributed by atoms with Crippen molar-refractivity contribution in [2.24, 2.45) is 0 Å². The molecule has 0 radical (unpaired) electrons. The van der Waals surface area contributed by atoms with Gasteiger partial charge < -0.3 is 10.1 Å². The van der Waals surface area contributed by atoms with Crippen LogP contribution in [0, 0.1) is 0 Å². The molecule has 1 unspecified atom stereocenters. The molecule has 1 aromatic rings. The van der Waals surface area contributed by atoms with Gasteiger partial charge in [0.15, 0.2) is 5.78 Å². The Balaban J connectivity index is 2.55. The maximum Gasteiger partial charge on any atom is 0.224 e. The van der Waals surface area contributed by atoms with Crippen LogP contribution in [0.4, 0.5) is 5.69 Å². The molecule has 1 aliphatic rings. The van der Waals surface area contributed by atoms with Crippen LogP contribution >= 0.6 is 15.9 Å². The molecule has 0 aromatic heterocycles. The number of fused-ring (bicyclic) bond motifs is 1. The number of hydrogen-bond acceptors (Lipinski definition) is 3. The quantitative estimate of drug-likeness (QED) is 0.689. The predicted molar refractivity (Wildman–Crippen MR) is 72.7 cm³/mol. The second-order valence-electron chi connectivity index (χ2n) is 4.20. The van der Waals surface area contributed by atoms with Crippen molar-refractivity contribution in [3.8, 4) is 5.75 Å². The summed E-state index contributed by atoms with van der Waals surface area (Å²) in [5.41, 5.74) is 2.15. The summed E-state index contributed by atoms with van der Waals surface area (Å²) in [5.74, 6) is 0.569. The van der Waals surface area contributed by atoms with Gasteiger partial charge in [0.1, 0.15) is 5.75 Å². The highest BCUT2D eigenvalue weighted by Crippen LogP contribution is 2.35. The highest BCUT2D eigenvalue weighted by Gasteiger charge is 2.25. The van der Waals surface area contributed by atoms with E-state index in [9.17, 15) is 9.59 Å². The number of rotatable bonds is 3. The maximum atomic E-state index is 12.1. The van der Waals surface area contributed by atoms with E-state index in [4.69, 9.17) is 4.74 Å². The number of nitrogens with one attached hydrogen (secondary N) is 1. The van der Waals surface area contributed by atoms with E-state index in [1.165, 1.54) is 0 Å². The molecule has 18 heavy (non-hydrogen) atoms. The van der Waals surface area contributed by atoms with Gasteiger partial charge in [-0.25, -0.2) is 0 Å². The molecule has 4 nitrogen and oxygen atoms in total. The number of halogens is 1. The maximum absolute atomic E-state index is 12.1. The van der Waals surface area contributed by atoms with Crippen LogP contribution in [0.5, 0.6) is 5.75 Å². The molecule has 0 fully saturated rings. The summed E-state index contributed by atoms with van der Waals surface area (Å²) in [6.07, 6.45) is 0.969. The number of carbonyl (C=O) groups excluding carboxylic acids is 2. The first-order valence-electron chi connectivity index (χ1n) is 5.72. The van der Waals surface area contributed by atoms with Crippen molar-refractivity contribution in [2.45, 2.75) is 24.6 Å². The lowest BCUT2D eigenvalue weighted by atomic mass is 9.93. The van der Waals surface area contributed by atoms with Gasteiger partial charge >= 0.3 is 0 Å². The highest BCUT2D eigenvalue weighted by atomic mass is 79.9. The van der Waals surface area contributed by atoms with Crippen LogP contribution in [-0.2, 0) is 11.2 Å². The molecular weight excluding hydrogens is 298 g/mol. The van der Waals surface area contributed by atoms with Gasteiger partial charge in [-0.1, -0.05) is 15.9 Å². The van der Waals surface area contributed by atoms with Gasteiger partial charge in [0.25, 0.3) is 0 Å². The first-order valence-corrected chi connectivity index (χ1v) is 6.64. The van der Waals surface area contributed by atoms with Gasteiger partial charge in [-0.2, -0.15) is 0 Å². The van der Waals surface area contributed by atoms with Crippen LogP contribution in [0.1, 0.15) is 29.3 Å². The number of carbonyl (C=O) groups is 2. The monoisotopic (exact) mass is 311 g/mol. The largest absolute Gasteiger partial charge is 0.495 e. The fraction of sp³-hybridized carbons (Fsp3) is 0.385. The van der Waals surface area contributed by atoms with Crippen molar-refractivity contribution in [1.29, 1.82) is 0 Å². The molecule has 1 heterocycles. The number of ketones is 1. The summed E-state index contributed by atoms with van der Waals surface area (Å²) < 4.78 is 5.22. The molecule has 0 saturated carbocycles. The predicted octanol–water partition coefficient (Wildman–Crippen LogP) is 2.55. The third-order valence-corrected chi connectivity index (χ3v) is 3.40. The van der Waals surface area contributed by atoms with Gasteiger partial charge in [0, 0.05) is 12.0 Å². The van der Waals surface area contributed by atoms with E-state index in [1.807, 2.05) is 0 Å². The molecule has 5 heteroatoms. The molecule has 0 bridgehead atoms. The van der Waals surface area contributed by atoms with Gasteiger partial charge in [0.2, 0.25) is 5.91 Å². The molecule has 0 aliphatic carbocycles. The molecule has 1 N–H and O–H groups in total. The molecule has 1 atom stereocenters. The lowest BCUT2D eigenvalue weighted by Gasteiger charge is -2.22. The molecule has 0 saturated heterocycles. The van der Waals surface area contributed by atoms with Crippen molar-refractivity contribution < 1.29 is 14.3 Å². The minimum absolute atomic E-state index is 0.0186. The smallest absolute Gasteiger partial charge is 0.224 e. The minimum Gasteiger partial charge on any atom is -0.495 e. The zero-order valence-electron chi connectivity index (χ0n) is 10.2. The standard InChI is InChI=1S/C13H14BrNO3/c1-7(14)13(17)9-3-5-10(18-2)12-8(9)4-6-11(16)15-12/h3,5,7H,4,6H2,1-2H3,(H,15,16). The van der Waals surface area contributed by atoms with Crippen LogP contribution in [0.3, 0.4) is 0 Å². The first-order chi connectivity index (χ1) is 8.54. The van der Waals surface area contributed by atoms with E-state index in [0.717, 1.165) is 5.56 Å². The highest BCUT2D eigenvalue weighted by molar-refractivity contribution is 9.10. The molecule has 1 aliphatic heterocycles. The fourth-order valence-electron chi connectivity index (χ4n) is 2.08. The van der Waals surface area contributed by atoms with Gasteiger partial charge in [-0.15, -0.1) is 0 Å². The summed E-state index contributed by atoms with van der Waals surface area (Å²) in [4.78, 5) is 23.3. The molecule has 96 valence electrons. The Morgan fingerprint density at radius 2 is 2.17 bits per heavy atom. The lowest BCUT2D eigenvalue weighted by Crippen LogP contribution is -2.23. The average Bonchev–Trinajstić information content (AvgIpc) is 2.36. The average molecular weight is 312 g/mol. The second kappa shape index (κ2) is 5.10. The fourth-order valence-corrected chi connectivity index (χ4v) is 2.33. The number of amides is 1. The van der Waals surface area contributed by atoms with E-state index < -0.39 is 0 Å². The zero-order valence-corrected chi connectivity index (χ0v) is 11.8. The van der Waals surface area contributed by atoms with Crippen LogP contribution in [0.25, 0.3) is 0 Å². The van der Waals surface area contributed by atoms with Crippen LogP contribution in [-0.4, -0.2) is 23.6 Å².